The maximum absolute atomic E-state index is 13.2. The molecule has 1 fully saturated rings. The predicted molar refractivity (Wildman–Crippen MR) is 135 cm³/mol. The molecule has 0 saturated carbocycles. The van der Waals surface area contributed by atoms with Crippen LogP contribution in [0, 0.1) is 6.92 Å². The predicted octanol–water partition coefficient (Wildman–Crippen LogP) is 3.49. The third-order valence-corrected chi connectivity index (χ3v) is 6.09. The van der Waals surface area contributed by atoms with Gasteiger partial charge in [-0.25, -0.2) is 9.97 Å². The highest BCUT2D eigenvalue weighted by Gasteiger charge is 2.21. The van der Waals surface area contributed by atoms with Crippen molar-refractivity contribution in [3.63, 3.8) is 0 Å². The molecule has 4 aromatic rings. The normalized spacial score (nSPS) is 14.4. The molecule has 0 aliphatic carbocycles. The van der Waals surface area contributed by atoms with E-state index in [0.29, 0.717) is 50.7 Å². The topological polar surface area (TPSA) is 118 Å². The van der Waals surface area contributed by atoms with Gasteiger partial charge in [-0.1, -0.05) is 0 Å². The number of ether oxygens (including phenoxy) is 1. The second-order valence-electron chi connectivity index (χ2n) is 9.66. The van der Waals surface area contributed by atoms with Gasteiger partial charge < -0.3 is 28.9 Å². The molecular weight excluding hydrogens is 460 g/mol. The molecule has 36 heavy (non-hydrogen) atoms. The van der Waals surface area contributed by atoms with E-state index in [1.54, 1.807) is 26.1 Å². The minimum absolute atomic E-state index is 0.184. The Morgan fingerprint density at radius 1 is 1.19 bits per heavy atom. The number of aliphatic hydroxyl groups is 1. The molecule has 0 bridgehead atoms. The monoisotopic (exact) mass is 490 g/mol. The average Bonchev–Trinajstić information content (AvgIpc) is 3.50. The SMILES string of the molecule is Cc1cc(-c2nc(C(=O)Nc3cn4cc(CCC(C)(C)O)nc4cc3N3CCOCC3)co2)ccn1. The number of aryl methyl sites for hydroxylation is 2. The lowest BCUT2D eigenvalue weighted by Gasteiger charge is -2.30. The van der Waals surface area contributed by atoms with Crippen molar-refractivity contribution in [3.05, 3.63) is 60.1 Å². The highest BCUT2D eigenvalue weighted by atomic mass is 16.5. The van der Waals surface area contributed by atoms with Crippen molar-refractivity contribution in [1.82, 2.24) is 19.4 Å². The Morgan fingerprint density at radius 2 is 2.00 bits per heavy atom. The van der Waals surface area contributed by atoms with E-state index >= 15 is 0 Å². The van der Waals surface area contributed by atoms with Crippen LogP contribution in [-0.2, 0) is 11.2 Å². The van der Waals surface area contributed by atoms with Gasteiger partial charge >= 0.3 is 0 Å². The van der Waals surface area contributed by atoms with E-state index in [1.807, 2.05) is 35.9 Å². The molecule has 1 saturated heterocycles. The number of hydrogen-bond donors (Lipinski definition) is 2. The first kappa shape index (κ1) is 24.0. The molecule has 0 atom stereocenters. The van der Waals surface area contributed by atoms with E-state index in [0.717, 1.165) is 28.3 Å². The molecule has 10 nitrogen and oxygen atoms in total. The second-order valence-corrected chi connectivity index (χ2v) is 9.66. The fraction of sp³-hybridized carbons (Fsp3) is 0.385. The van der Waals surface area contributed by atoms with Crippen molar-refractivity contribution in [1.29, 1.82) is 0 Å². The van der Waals surface area contributed by atoms with Crippen LogP contribution in [0.25, 0.3) is 17.1 Å². The van der Waals surface area contributed by atoms with Gasteiger partial charge in [0.2, 0.25) is 5.89 Å². The number of anilines is 2. The number of oxazole rings is 1. The maximum Gasteiger partial charge on any atom is 0.277 e. The molecule has 1 amide bonds. The summed E-state index contributed by atoms with van der Waals surface area (Å²) in [5.74, 6) is -0.00688. The molecule has 5 rings (SSSR count). The lowest BCUT2D eigenvalue weighted by Crippen LogP contribution is -2.37. The number of aromatic nitrogens is 4. The molecule has 188 valence electrons. The second kappa shape index (κ2) is 9.71. The van der Waals surface area contributed by atoms with Gasteiger partial charge in [0.25, 0.3) is 5.91 Å². The summed E-state index contributed by atoms with van der Waals surface area (Å²) in [6.07, 6.45) is 8.09. The lowest BCUT2D eigenvalue weighted by molar-refractivity contribution is 0.0711. The Morgan fingerprint density at radius 3 is 2.75 bits per heavy atom. The Kier molecular flexibility index (Phi) is 6.46. The van der Waals surface area contributed by atoms with Crippen molar-refractivity contribution in [2.24, 2.45) is 0 Å². The molecule has 10 heteroatoms. The number of amides is 1. The quantitative estimate of drug-likeness (QED) is 0.404. The van der Waals surface area contributed by atoms with E-state index in [9.17, 15) is 9.90 Å². The summed E-state index contributed by atoms with van der Waals surface area (Å²) in [5, 5.41) is 13.1. The fourth-order valence-electron chi connectivity index (χ4n) is 4.17. The van der Waals surface area contributed by atoms with Gasteiger partial charge in [-0.05, 0) is 45.7 Å². The van der Waals surface area contributed by atoms with Crippen LogP contribution >= 0.6 is 0 Å². The van der Waals surface area contributed by atoms with E-state index in [-0.39, 0.29) is 11.6 Å². The Bertz CT molecular complexity index is 1380. The summed E-state index contributed by atoms with van der Waals surface area (Å²) in [6, 6.07) is 5.62. The zero-order chi connectivity index (χ0) is 25.3. The Hall–Kier alpha value is -3.76. The van der Waals surface area contributed by atoms with Gasteiger partial charge in [-0.2, -0.15) is 0 Å². The molecular formula is C26H30N6O4. The molecule has 0 aromatic carbocycles. The number of carbonyl (C=O) groups is 1. The Balaban J connectivity index is 1.44. The van der Waals surface area contributed by atoms with Crippen molar-refractivity contribution in [2.45, 2.75) is 39.2 Å². The van der Waals surface area contributed by atoms with Crippen LogP contribution in [0.15, 0.2) is 47.5 Å². The van der Waals surface area contributed by atoms with Gasteiger partial charge in [0.1, 0.15) is 11.9 Å². The van der Waals surface area contributed by atoms with Crippen LogP contribution in [0.1, 0.15) is 42.1 Å². The van der Waals surface area contributed by atoms with Gasteiger partial charge in [-0.3, -0.25) is 9.78 Å². The molecule has 1 aliphatic heterocycles. The first-order valence-electron chi connectivity index (χ1n) is 12.0. The number of imidazole rings is 1. The smallest absolute Gasteiger partial charge is 0.277 e. The summed E-state index contributed by atoms with van der Waals surface area (Å²) in [6.45, 7) is 8.11. The maximum atomic E-state index is 13.2. The third-order valence-electron chi connectivity index (χ3n) is 6.09. The zero-order valence-electron chi connectivity index (χ0n) is 20.7. The average molecular weight is 491 g/mol. The first-order chi connectivity index (χ1) is 17.2. The molecule has 0 unspecified atom stereocenters. The number of pyridine rings is 2. The Labute approximate surface area is 209 Å². The van der Waals surface area contributed by atoms with Crippen LogP contribution in [0.4, 0.5) is 11.4 Å². The van der Waals surface area contributed by atoms with Crippen molar-refractivity contribution in [2.75, 3.05) is 36.5 Å². The van der Waals surface area contributed by atoms with Crippen LogP contribution in [0.2, 0.25) is 0 Å². The molecule has 4 aromatic heterocycles. The summed E-state index contributed by atoms with van der Waals surface area (Å²) in [5.41, 5.74) is 4.18. The minimum Gasteiger partial charge on any atom is -0.444 e. The molecule has 5 heterocycles. The first-order valence-corrected chi connectivity index (χ1v) is 12.0. The van der Waals surface area contributed by atoms with E-state index in [4.69, 9.17) is 14.1 Å². The third kappa shape index (κ3) is 5.39. The summed E-state index contributed by atoms with van der Waals surface area (Å²) in [7, 11) is 0. The fourth-order valence-corrected chi connectivity index (χ4v) is 4.17. The molecule has 0 radical (unpaired) electrons. The standard InChI is InChI=1S/C26H30N6O4/c1-17-12-18(5-7-27-17)25-30-21(16-36-25)24(33)29-20-15-32-14-19(4-6-26(2,3)34)28-23(32)13-22(20)31-8-10-35-11-9-31/h5,7,12-16,34H,4,6,8-11H2,1-3H3,(H,29,33). The van der Waals surface area contributed by atoms with Gasteiger partial charge in [0.05, 0.1) is 35.9 Å². The van der Waals surface area contributed by atoms with Gasteiger partial charge in [0.15, 0.2) is 5.69 Å². The van der Waals surface area contributed by atoms with Crippen LogP contribution in [0.5, 0.6) is 0 Å². The summed E-state index contributed by atoms with van der Waals surface area (Å²) < 4.78 is 13.0. The van der Waals surface area contributed by atoms with Crippen LogP contribution < -0.4 is 10.2 Å². The number of hydrogen-bond acceptors (Lipinski definition) is 8. The van der Waals surface area contributed by atoms with E-state index < -0.39 is 5.60 Å². The van der Waals surface area contributed by atoms with Gasteiger partial charge in [-0.15, -0.1) is 0 Å². The number of morpholine rings is 1. The lowest BCUT2D eigenvalue weighted by atomic mass is 10.0. The van der Waals surface area contributed by atoms with Gasteiger partial charge in [0, 0.05) is 49.0 Å². The van der Waals surface area contributed by atoms with Crippen molar-refractivity contribution >= 4 is 22.9 Å². The highest BCUT2D eigenvalue weighted by Crippen LogP contribution is 2.30. The van der Waals surface area contributed by atoms with Crippen molar-refractivity contribution < 1.29 is 19.1 Å². The summed E-state index contributed by atoms with van der Waals surface area (Å²) in [4.78, 5) is 28.7. The van der Waals surface area contributed by atoms with Crippen LogP contribution in [0.3, 0.4) is 0 Å². The number of rotatable bonds is 7. The molecule has 2 N–H and O–H groups in total. The summed E-state index contributed by atoms with van der Waals surface area (Å²) >= 11 is 0. The highest BCUT2D eigenvalue weighted by molar-refractivity contribution is 6.04. The van der Waals surface area contributed by atoms with E-state index in [1.165, 1.54) is 6.26 Å². The number of nitrogens with one attached hydrogen (secondary N) is 1. The van der Waals surface area contributed by atoms with Crippen LogP contribution in [-0.4, -0.2) is 62.3 Å². The number of fused-ring (bicyclic) bond motifs is 1. The number of nitrogens with zero attached hydrogens (tertiary/aromatic N) is 5. The number of carbonyl (C=O) groups excluding carboxylic acids is 1. The largest absolute Gasteiger partial charge is 0.444 e. The molecule has 1 aliphatic rings. The molecule has 0 spiro atoms. The minimum atomic E-state index is -0.765. The van der Waals surface area contributed by atoms with Crippen molar-refractivity contribution in [3.8, 4) is 11.5 Å². The zero-order valence-corrected chi connectivity index (χ0v) is 20.7. The van der Waals surface area contributed by atoms with E-state index in [2.05, 4.69) is 20.2 Å².